The summed E-state index contributed by atoms with van der Waals surface area (Å²) in [6.07, 6.45) is 2.41. The maximum absolute atomic E-state index is 11.3. The van der Waals surface area contributed by atoms with Crippen molar-refractivity contribution in [3.05, 3.63) is 71.9 Å². The van der Waals surface area contributed by atoms with Gasteiger partial charge in [0.25, 0.3) is 0 Å². The zero-order valence-electron chi connectivity index (χ0n) is 14.9. The Bertz CT molecular complexity index is 1020. The first-order valence-corrected chi connectivity index (χ1v) is 9.97. The number of nitrogens with one attached hydrogen (secondary N) is 2. The van der Waals surface area contributed by atoms with Crippen molar-refractivity contribution >= 4 is 27.5 Å². The average molecular weight is 383 g/mol. The second-order valence-electron chi connectivity index (χ2n) is 6.13. The van der Waals surface area contributed by atoms with Crippen molar-refractivity contribution in [1.29, 1.82) is 0 Å². The Labute approximate surface area is 158 Å². The van der Waals surface area contributed by atoms with Gasteiger partial charge < -0.3 is 10.6 Å². The van der Waals surface area contributed by atoms with Crippen LogP contribution >= 0.6 is 0 Å². The van der Waals surface area contributed by atoms with E-state index in [1.165, 1.54) is 12.1 Å². The van der Waals surface area contributed by atoms with Crippen molar-refractivity contribution in [2.24, 2.45) is 5.14 Å². The van der Waals surface area contributed by atoms with E-state index in [4.69, 9.17) is 5.14 Å². The molecule has 0 atom stereocenters. The maximum atomic E-state index is 11.3. The molecule has 140 valence electrons. The summed E-state index contributed by atoms with van der Waals surface area (Å²) < 4.78 is 22.5. The fraction of sp³-hybridized carbons (Fsp3) is 0.158. The van der Waals surface area contributed by atoms with E-state index in [1.807, 2.05) is 31.2 Å². The third kappa shape index (κ3) is 5.50. The summed E-state index contributed by atoms with van der Waals surface area (Å²) in [4.78, 5) is 8.79. The molecule has 1 aromatic heterocycles. The highest BCUT2D eigenvalue weighted by atomic mass is 32.2. The standard InChI is InChI=1S/C19H21N5O2S/c1-14-3-2-4-16(13-14)23-19-22-12-10-18(24-19)21-11-9-15-5-7-17(8-6-15)27(20,25)26/h2-8,10,12-13H,9,11H2,1H3,(H2,20,25,26)(H2,21,22,23,24). The van der Waals surface area contributed by atoms with E-state index in [-0.39, 0.29) is 4.90 Å². The lowest BCUT2D eigenvalue weighted by atomic mass is 10.1. The van der Waals surface area contributed by atoms with Crippen molar-refractivity contribution in [2.45, 2.75) is 18.2 Å². The van der Waals surface area contributed by atoms with Gasteiger partial charge in [0.2, 0.25) is 16.0 Å². The highest BCUT2D eigenvalue weighted by Crippen LogP contribution is 2.15. The minimum Gasteiger partial charge on any atom is -0.370 e. The molecule has 2 aromatic carbocycles. The molecule has 0 aliphatic heterocycles. The van der Waals surface area contributed by atoms with Crippen LogP contribution in [-0.2, 0) is 16.4 Å². The van der Waals surface area contributed by atoms with Gasteiger partial charge in [-0.1, -0.05) is 24.3 Å². The van der Waals surface area contributed by atoms with Crippen molar-refractivity contribution in [1.82, 2.24) is 9.97 Å². The van der Waals surface area contributed by atoms with Crippen LogP contribution < -0.4 is 15.8 Å². The van der Waals surface area contributed by atoms with Gasteiger partial charge in [0.05, 0.1) is 4.90 Å². The molecule has 0 saturated heterocycles. The minimum absolute atomic E-state index is 0.113. The van der Waals surface area contributed by atoms with Crippen LogP contribution in [0.25, 0.3) is 0 Å². The Hall–Kier alpha value is -2.97. The largest absolute Gasteiger partial charge is 0.370 e. The Morgan fingerprint density at radius 1 is 1.07 bits per heavy atom. The molecule has 1 heterocycles. The summed E-state index contributed by atoms with van der Waals surface area (Å²) in [7, 11) is -3.66. The Balaban J connectivity index is 1.57. The zero-order chi connectivity index (χ0) is 19.3. The smallest absolute Gasteiger partial charge is 0.238 e. The SMILES string of the molecule is Cc1cccc(Nc2nccc(NCCc3ccc(S(N)(=O)=O)cc3)n2)c1. The summed E-state index contributed by atoms with van der Waals surface area (Å²) in [5, 5.41) is 11.5. The van der Waals surface area contributed by atoms with Crippen LogP contribution in [0.5, 0.6) is 0 Å². The number of primary sulfonamides is 1. The molecular formula is C19H21N5O2S. The molecule has 27 heavy (non-hydrogen) atoms. The van der Waals surface area contributed by atoms with Gasteiger partial charge in [0, 0.05) is 18.4 Å². The quantitative estimate of drug-likeness (QED) is 0.579. The summed E-state index contributed by atoms with van der Waals surface area (Å²) in [5.74, 6) is 1.23. The second kappa shape index (κ2) is 8.15. The van der Waals surface area contributed by atoms with Crippen LogP contribution in [0.4, 0.5) is 17.5 Å². The van der Waals surface area contributed by atoms with Crippen molar-refractivity contribution < 1.29 is 8.42 Å². The molecule has 4 N–H and O–H groups in total. The molecule has 3 aromatic rings. The number of sulfonamides is 1. The Kier molecular flexibility index (Phi) is 5.68. The van der Waals surface area contributed by atoms with Crippen LogP contribution in [0.3, 0.4) is 0 Å². The predicted octanol–water partition coefficient (Wildman–Crippen LogP) is 2.83. The fourth-order valence-corrected chi connectivity index (χ4v) is 3.07. The van der Waals surface area contributed by atoms with Crippen molar-refractivity contribution in [3.8, 4) is 0 Å². The van der Waals surface area contributed by atoms with Crippen LogP contribution in [0.2, 0.25) is 0 Å². The highest BCUT2D eigenvalue weighted by molar-refractivity contribution is 7.89. The van der Waals surface area contributed by atoms with E-state index in [9.17, 15) is 8.42 Å². The van der Waals surface area contributed by atoms with Crippen molar-refractivity contribution in [3.63, 3.8) is 0 Å². The van der Waals surface area contributed by atoms with Gasteiger partial charge in [0.15, 0.2) is 0 Å². The minimum atomic E-state index is -3.66. The lowest BCUT2D eigenvalue weighted by Crippen LogP contribution is -2.12. The topological polar surface area (TPSA) is 110 Å². The Morgan fingerprint density at radius 2 is 1.85 bits per heavy atom. The number of anilines is 3. The number of hydrogen-bond donors (Lipinski definition) is 3. The molecule has 8 heteroatoms. The van der Waals surface area contributed by atoms with E-state index >= 15 is 0 Å². The zero-order valence-corrected chi connectivity index (χ0v) is 15.7. The van der Waals surface area contributed by atoms with Crippen molar-refractivity contribution in [2.75, 3.05) is 17.2 Å². The summed E-state index contributed by atoms with van der Waals surface area (Å²) in [6.45, 7) is 2.68. The maximum Gasteiger partial charge on any atom is 0.238 e. The van der Waals surface area contributed by atoms with E-state index in [0.717, 1.165) is 23.2 Å². The lowest BCUT2D eigenvalue weighted by molar-refractivity contribution is 0.598. The van der Waals surface area contributed by atoms with Gasteiger partial charge in [-0.05, 0) is 54.8 Å². The number of rotatable bonds is 7. The second-order valence-corrected chi connectivity index (χ2v) is 7.69. The highest BCUT2D eigenvalue weighted by Gasteiger charge is 2.06. The number of benzene rings is 2. The van der Waals surface area contributed by atoms with Crippen LogP contribution in [0, 0.1) is 6.92 Å². The average Bonchev–Trinajstić information content (AvgIpc) is 2.62. The van der Waals surface area contributed by atoms with E-state index < -0.39 is 10.0 Å². The molecule has 0 saturated carbocycles. The van der Waals surface area contributed by atoms with Crippen LogP contribution in [0.1, 0.15) is 11.1 Å². The molecule has 0 radical (unpaired) electrons. The number of aryl methyl sites for hydroxylation is 1. The third-order valence-electron chi connectivity index (χ3n) is 3.90. The number of hydrogen-bond acceptors (Lipinski definition) is 6. The third-order valence-corrected chi connectivity index (χ3v) is 4.83. The van der Waals surface area contributed by atoms with Gasteiger partial charge in [0.1, 0.15) is 5.82 Å². The first-order chi connectivity index (χ1) is 12.9. The molecule has 0 fully saturated rings. The van der Waals surface area contributed by atoms with E-state index in [2.05, 4.69) is 20.6 Å². The predicted molar refractivity (Wildman–Crippen MR) is 107 cm³/mol. The fourth-order valence-electron chi connectivity index (χ4n) is 2.55. The summed E-state index contributed by atoms with van der Waals surface area (Å²) in [6, 6.07) is 16.3. The summed E-state index contributed by atoms with van der Waals surface area (Å²) >= 11 is 0. The molecule has 0 aliphatic carbocycles. The van der Waals surface area contributed by atoms with E-state index in [1.54, 1.807) is 24.4 Å². The van der Waals surface area contributed by atoms with Gasteiger partial charge in [-0.25, -0.2) is 18.5 Å². The molecule has 0 unspecified atom stereocenters. The number of nitrogens with two attached hydrogens (primary N) is 1. The first-order valence-electron chi connectivity index (χ1n) is 8.42. The monoisotopic (exact) mass is 383 g/mol. The molecule has 7 nitrogen and oxygen atoms in total. The van der Waals surface area contributed by atoms with Crippen LogP contribution in [0.15, 0.2) is 65.7 Å². The number of nitrogens with zero attached hydrogens (tertiary/aromatic N) is 2. The normalized spacial score (nSPS) is 11.2. The van der Waals surface area contributed by atoms with Gasteiger partial charge in [-0.2, -0.15) is 4.98 Å². The van der Waals surface area contributed by atoms with Gasteiger partial charge in [-0.15, -0.1) is 0 Å². The first kappa shape index (κ1) is 18.8. The number of aromatic nitrogens is 2. The lowest BCUT2D eigenvalue weighted by Gasteiger charge is -2.09. The molecule has 0 amide bonds. The van der Waals surface area contributed by atoms with Gasteiger partial charge in [-0.3, -0.25) is 0 Å². The Morgan fingerprint density at radius 3 is 2.56 bits per heavy atom. The summed E-state index contributed by atoms with van der Waals surface area (Å²) in [5.41, 5.74) is 3.09. The molecule has 0 bridgehead atoms. The molecule has 0 spiro atoms. The van der Waals surface area contributed by atoms with E-state index in [0.29, 0.717) is 18.3 Å². The molecule has 3 rings (SSSR count). The van der Waals surface area contributed by atoms with Gasteiger partial charge >= 0.3 is 0 Å². The molecule has 0 aliphatic rings. The van der Waals surface area contributed by atoms with Crippen LogP contribution in [-0.4, -0.2) is 24.9 Å². The molecular weight excluding hydrogens is 362 g/mol.